The van der Waals surface area contributed by atoms with Crippen LogP contribution in [0.4, 0.5) is 0 Å². The first-order chi connectivity index (χ1) is 10.8. The van der Waals surface area contributed by atoms with Crippen LogP contribution in [0, 0.1) is 0 Å². The van der Waals surface area contributed by atoms with E-state index >= 15 is 0 Å². The normalized spacial score (nSPS) is 20.3. The topological polar surface area (TPSA) is 18.5 Å². The van der Waals surface area contributed by atoms with Crippen molar-refractivity contribution >= 4 is 8.56 Å². The van der Waals surface area contributed by atoms with Crippen molar-refractivity contribution in [3.8, 4) is 0 Å². The van der Waals surface area contributed by atoms with Gasteiger partial charge in [0.05, 0.1) is 0 Å². The third-order valence-electron chi connectivity index (χ3n) is 5.05. The maximum absolute atomic E-state index is 6.55. The second-order valence-electron chi connectivity index (χ2n) is 6.95. The van der Waals surface area contributed by atoms with E-state index in [-0.39, 0.29) is 0 Å². The van der Waals surface area contributed by atoms with E-state index < -0.39 is 8.56 Å². The number of hydrogen-bond acceptors (Lipinski definition) is 2. The molecular weight excluding hydrogens is 288 g/mol. The summed E-state index contributed by atoms with van der Waals surface area (Å²) in [6.07, 6.45) is 16.2. The van der Waals surface area contributed by atoms with Gasteiger partial charge in [-0.2, -0.15) is 0 Å². The predicted octanol–water partition coefficient (Wildman–Crippen LogP) is 6.59. The van der Waals surface area contributed by atoms with Gasteiger partial charge < -0.3 is 8.85 Å². The highest BCUT2D eigenvalue weighted by molar-refractivity contribution is 6.69. The second kappa shape index (κ2) is 12.5. The Kier molecular flexibility index (Phi) is 11.5. The number of rotatable bonds is 11. The van der Waals surface area contributed by atoms with E-state index in [2.05, 4.69) is 20.8 Å². The summed E-state index contributed by atoms with van der Waals surface area (Å²) in [5, 5.41) is 0. The van der Waals surface area contributed by atoms with Crippen LogP contribution in [0.15, 0.2) is 0 Å². The van der Waals surface area contributed by atoms with Gasteiger partial charge in [-0.15, -0.1) is 0 Å². The van der Waals surface area contributed by atoms with Crippen LogP contribution in [0.25, 0.3) is 0 Å². The molecular formula is C19H40O2Si. The van der Waals surface area contributed by atoms with Crippen LogP contribution in [0.1, 0.15) is 97.8 Å². The Labute approximate surface area is 140 Å². The van der Waals surface area contributed by atoms with E-state index in [1.807, 2.05) is 0 Å². The minimum Gasteiger partial charge on any atom is -0.394 e. The van der Waals surface area contributed by atoms with Gasteiger partial charge >= 0.3 is 8.56 Å². The van der Waals surface area contributed by atoms with Crippen LogP contribution in [-0.2, 0) is 8.85 Å². The minimum absolute atomic E-state index is 0.737. The molecule has 1 aliphatic rings. The molecule has 0 N–H and O–H groups in total. The summed E-state index contributed by atoms with van der Waals surface area (Å²) < 4.78 is 13.0. The van der Waals surface area contributed by atoms with Crippen molar-refractivity contribution in [1.82, 2.24) is 0 Å². The lowest BCUT2D eigenvalue weighted by Gasteiger charge is -2.38. The molecule has 0 aromatic carbocycles. The predicted molar refractivity (Wildman–Crippen MR) is 98.6 cm³/mol. The van der Waals surface area contributed by atoms with E-state index in [1.54, 1.807) is 0 Å². The molecule has 0 aromatic rings. The highest BCUT2D eigenvalue weighted by Gasteiger charge is 2.44. The van der Waals surface area contributed by atoms with Crippen LogP contribution in [0.3, 0.4) is 0 Å². The lowest BCUT2D eigenvalue weighted by Crippen LogP contribution is -2.47. The fourth-order valence-corrected chi connectivity index (χ4v) is 8.16. The zero-order valence-corrected chi connectivity index (χ0v) is 16.5. The number of hydrogen-bond donors (Lipinski definition) is 0. The Balaban J connectivity index is 2.73. The average Bonchev–Trinajstić information content (AvgIpc) is 2.49. The molecule has 0 bridgehead atoms. The van der Waals surface area contributed by atoms with Crippen LogP contribution in [0.5, 0.6) is 0 Å². The van der Waals surface area contributed by atoms with Gasteiger partial charge in [0.15, 0.2) is 0 Å². The van der Waals surface area contributed by atoms with E-state index in [9.17, 15) is 0 Å². The van der Waals surface area contributed by atoms with Crippen molar-refractivity contribution in [2.75, 3.05) is 13.2 Å². The molecule has 1 rings (SSSR count). The molecule has 0 amide bonds. The highest BCUT2D eigenvalue weighted by atomic mass is 28.4. The molecule has 0 aliphatic heterocycles. The van der Waals surface area contributed by atoms with Crippen molar-refractivity contribution in [3.05, 3.63) is 0 Å². The summed E-state index contributed by atoms with van der Waals surface area (Å²) in [6, 6.07) is 1.23. The first kappa shape index (κ1) is 20.2. The van der Waals surface area contributed by atoms with Crippen molar-refractivity contribution in [1.29, 1.82) is 0 Å². The maximum Gasteiger partial charge on any atom is 0.341 e. The maximum atomic E-state index is 6.55. The average molecular weight is 329 g/mol. The van der Waals surface area contributed by atoms with Crippen molar-refractivity contribution in [3.63, 3.8) is 0 Å². The van der Waals surface area contributed by atoms with Gasteiger partial charge in [0.2, 0.25) is 0 Å². The summed E-state index contributed by atoms with van der Waals surface area (Å²) >= 11 is 0. The second-order valence-corrected chi connectivity index (χ2v) is 10.5. The van der Waals surface area contributed by atoms with E-state index in [4.69, 9.17) is 8.85 Å². The Hall–Kier alpha value is 0.137. The summed E-state index contributed by atoms with van der Waals surface area (Å²) in [7, 11) is -2.02. The molecule has 22 heavy (non-hydrogen) atoms. The lowest BCUT2D eigenvalue weighted by molar-refractivity contribution is 0.158. The molecule has 3 heteroatoms. The van der Waals surface area contributed by atoms with Crippen LogP contribution >= 0.6 is 0 Å². The molecule has 0 saturated heterocycles. The third-order valence-corrected chi connectivity index (χ3v) is 9.39. The molecule has 0 heterocycles. The molecule has 0 spiro atoms. The monoisotopic (exact) mass is 328 g/mol. The Bertz CT molecular complexity index is 252. The van der Waals surface area contributed by atoms with Crippen LogP contribution in [-0.4, -0.2) is 21.8 Å². The smallest absolute Gasteiger partial charge is 0.341 e. The van der Waals surface area contributed by atoms with Gasteiger partial charge in [-0.3, -0.25) is 0 Å². The first-order valence-electron chi connectivity index (χ1n) is 10.1. The Morgan fingerprint density at radius 3 is 2.05 bits per heavy atom. The molecule has 1 fully saturated rings. The van der Waals surface area contributed by atoms with Gasteiger partial charge in [0.1, 0.15) is 0 Å². The van der Waals surface area contributed by atoms with Gasteiger partial charge in [0.25, 0.3) is 0 Å². The summed E-state index contributed by atoms with van der Waals surface area (Å²) in [6.45, 7) is 8.40. The first-order valence-corrected chi connectivity index (χ1v) is 12.2. The third kappa shape index (κ3) is 7.14. The molecule has 1 atom stereocenters. The molecule has 0 radical (unpaired) electrons. The van der Waals surface area contributed by atoms with E-state index in [1.165, 1.54) is 76.7 Å². The highest BCUT2D eigenvalue weighted by Crippen LogP contribution is 2.40. The van der Waals surface area contributed by atoms with Crippen molar-refractivity contribution in [2.45, 2.75) is 109 Å². The van der Waals surface area contributed by atoms with Crippen molar-refractivity contribution in [2.24, 2.45) is 0 Å². The molecule has 132 valence electrons. The van der Waals surface area contributed by atoms with E-state index in [0.29, 0.717) is 0 Å². The number of unbranched alkanes of at least 4 members (excludes halogenated alkanes) is 3. The molecule has 0 aromatic heterocycles. The quantitative estimate of drug-likeness (QED) is 0.315. The molecule has 1 saturated carbocycles. The SMILES string of the molecule is CCCCCC[Si](OCC)(OCCC)C1CCCCCCC1. The molecule has 1 unspecified atom stereocenters. The van der Waals surface area contributed by atoms with Crippen molar-refractivity contribution < 1.29 is 8.85 Å². The van der Waals surface area contributed by atoms with Gasteiger partial charge in [0, 0.05) is 18.8 Å². The largest absolute Gasteiger partial charge is 0.394 e. The van der Waals surface area contributed by atoms with Gasteiger partial charge in [-0.1, -0.05) is 71.6 Å². The Morgan fingerprint density at radius 1 is 0.773 bits per heavy atom. The fourth-order valence-electron chi connectivity index (χ4n) is 3.84. The summed E-state index contributed by atoms with van der Waals surface area (Å²) in [5.41, 5.74) is 0.737. The summed E-state index contributed by atoms with van der Waals surface area (Å²) in [5.74, 6) is 0. The lowest BCUT2D eigenvalue weighted by atomic mass is 10.0. The summed E-state index contributed by atoms with van der Waals surface area (Å²) in [4.78, 5) is 0. The zero-order chi connectivity index (χ0) is 16.1. The fraction of sp³-hybridized carbons (Fsp3) is 1.00. The zero-order valence-electron chi connectivity index (χ0n) is 15.5. The standard InChI is InChI=1S/C19H40O2Si/c1-4-7-8-14-18-22(20-6-3,21-17-5-2)19-15-12-10-9-11-13-16-19/h19H,4-18H2,1-3H3. The van der Waals surface area contributed by atoms with Crippen LogP contribution in [0.2, 0.25) is 11.6 Å². The molecule has 2 nitrogen and oxygen atoms in total. The minimum atomic E-state index is -2.02. The van der Waals surface area contributed by atoms with Crippen LogP contribution < -0.4 is 0 Å². The van der Waals surface area contributed by atoms with Gasteiger partial charge in [-0.25, -0.2) is 0 Å². The van der Waals surface area contributed by atoms with E-state index in [0.717, 1.165) is 25.2 Å². The van der Waals surface area contributed by atoms with Gasteiger partial charge in [-0.05, 0) is 32.2 Å². The Morgan fingerprint density at radius 2 is 1.45 bits per heavy atom. The molecule has 1 aliphatic carbocycles.